The van der Waals surface area contributed by atoms with Crippen LogP contribution in [0.1, 0.15) is 39.0 Å². The summed E-state index contributed by atoms with van der Waals surface area (Å²) in [6.07, 6.45) is 6.78. The summed E-state index contributed by atoms with van der Waals surface area (Å²) >= 11 is 0. The van der Waals surface area contributed by atoms with Gasteiger partial charge in [0.05, 0.1) is 5.92 Å². The zero-order valence-corrected chi connectivity index (χ0v) is 11.3. The van der Waals surface area contributed by atoms with Crippen molar-refractivity contribution in [1.29, 1.82) is 0 Å². The summed E-state index contributed by atoms with van der Waals surface area (Å²) in [5.74, 6) is 0.215. The number of carbonyl (C=O) groups excluding carboxylic acids is 1. The standard InChI is InChI=1S/C15H21NO3/c1-8-2-4-9(5-3-8)14(17)16-13-7-11(13)10-6-12(10)15(18)19/h2,9-13H,3-7H2,1H3,(H,16,17)(H,18,19)/t9-,10-,11+,12-,13+/m0/s1. The van der Waals surface area contributed by atoms with Crippen LogP contribution in [0.15, 0.2) is 11.6 Å². The molecule has 0 aliphatic heterocycles. The van der Waals surface area contributed by atoms with Gasteiger partial charge in [0, 0.05) is 12.0 Å². The van der Waals surface area contributed by atoms with E-state index >= 15 is 0 Å². The van der Waals surface area contributed by atoms with Gasteiger partial charge in [-0.25, -0.2) is 0 Å². The smallest absolute Gasteiger partial charge is 0.306 e. The summed E-state index contributed by atoms with van der Waals surface area (Å²) in [5, 5.41) is 12.0. The molecule has 19 heavy (non-hydrogen) atoms. The Balaban J connectivity index is 1.44. The van der Waals surface area contributed by atoms with Crippen LogP contribution in [0, 0.1) is 23.7 Å². The molecule has 0 aromatic heterocycles. The fraction of sp³-hybridized carbons (Fsp3) is 0.733. The Morgan fingerprint density at radius 1 is 1.32 bits per heavy atom. The maximum absolute atomic E-state index is 12.1. The zero-order valence-electron chi connectivity index (χ0n) is 11.3. The van der Waals surface area contributed by atoms with Crippen molar-refractivity contribution in [1.82, 2.24) is 5.32 Å². The van der Waals surface area contributed by atoms with E-state index < -0.39 is 5.97 Å². The largest absolute Gasteiger partial charge is 0.481 e. The van der Waals surface area contributed by atoms with Gasteiger partial charge in [0.1, 0.15) is 0 Å². The number of carboxylic acid groups (broad SMARTS) is 1. The van der Waals surface area contributed by atoms with Crippen molar-refractivity contribution in [3.8, 4) is 0 Å². The van der Waals surface area contributed by atoms with Crippen molar-refractivity contribution in [3.05, 3.63) is 11.6 Å². The van der Waals surface area contributed by atoms with Crippen LogP contribution >= 0.6 is 0 Å². The summed E-state index contributed by atoms with van der Waals surface area (Å²) in [6.45, 7) is 2.12. The molecule has 3 aliphatic rings. The van der Waals surface area contributed by atoms with E-state index in [0.717, 1.165) is 32.1 Å². The van der Waals surface area contributed by atoms with Gasteiger partial charge in [0.25, 0.3) is 0 Å². The molecule has 0 radical (unpaired) electrons. The van der Waals surface area contributed by atoms with Gasteiger partial charge in [-0.2, -0.15) is 0 Å². The summed E-state index contributed by atoms with van der Waals surface area (Å²) in [7, 11) is 0. The number of allylic oxidation sites excluding steroid dienone is 2. The molecule has 2 fully saturated rings. The van der Waals surface area contributed by atoms with E-state index in [1.54, 1.807) is 0 Å². The Morgan fingerprint density at radius 3 is 2.68 bits per heavy atom. The maximum Gasteiger partial charge on any atom is 0.306 e. The summed E-state index contributed by atoms with van der Waals surface area (Å²) in [4.78, 5) is 22.9. The Labute approximate surface area is 113 Å². The normalized spacial score (nSPS) is 40.3. The van der Waals surface area contributed by atoms with E-state index in [1.165, 1.54) is 5.57 Å². The van der Waals surface area contributed by atoms with Crippen molar-refractivity contribution >= 4 is 11.9 Å². The third-order valence-electron chi connectivity index (χ3n) is 4.88. The van der Waals surface area contributed by atoms with Gasteiger partial charge in [-0.3, -0.25) is 9.59 Å². The van der Waals surface area contributed by atoms with Gasteiger partial charge in [0.2, 0.25) is 5.91 Å². The van der Waals surface area contributed by atoms with Crippen molar-refractivity contribution < 1.29 is 14.7 Å². The fourth-order valence-corrected chi connectivity index (χ4v) is 3.33. The lowest BCUT2D eigenvalue weighted by atomic mass is 9.89. The summed E-state index contributed by atoms with van der Waals surface area (Å²) in [5.41, 5.74) is 1.38. The second-order valence-electron chi connectivity index (χ2n) is 6.38. The highest BCUT2D eigenvalue weighted by atomic mass is 16.4. The molecule has 0 heterocycles. The number of aliphatic carboxylic acids is 1. The van der Waals surface area contributed by atoms with E-state index in [-0.39, 0.29) is 23.8 Å². The van der Waals surface area contributed by atoms with Crippen LogP contribution in [0.25, 0.3) is 0 Å². The summed E-state index contributed by atoms with van der Waals surface area (Å²) in [6, 6.07) is 0.244. The maximum atomic E-state index is 12.1. The quantitative estimate of drug-likeness (QED) is 0.762. The molecule has 0 bridgehead atoms. The molecule has 3 aliphatic carbocycles. The molecule has 0 aromatic carbocycles. The fourth-order valence-electron chi connectivity index (χ4n) is 3.33. The highest BCUT2D eigenvalue weighted by molar-refractivity contribution is 5.80. The second kappa shape index (κ2) is 4.66. The molecule has 0 unspecified atom stereocenters. The number of hydrogen-bond donors (Lipinski definition) is 2. The van der Waals surface area contributed by atoms with Gasteiger partial charge in [-0.05, 0) is 50.9 Å². The van der Waals surface area contributed by atoms with Crippen molar-refractivity contribution in [3.63, 3.8) is 0 Å². The van der Waals surface area contributed by atoms with Gasteiger partial charge < -0.3 is 10.4 Å². The number of hydrogen-bond acceptors (Lipinski definition) is 2. The van der Waals surface area contributed by atoms with E-state index in [4.69, 9.17) is 5.11 Å². The van der Waals surface area contributed by atoms with Gasteiger partial charge in [-0.15, -0.1) is 0 Å². The number of amides is 1. The average molecular weight is 263 g/mol. The highest BCUT2D eigenvalue weighted by Gasteiger charge is 2.57. The van der Waals surface area contributed by atoms with Crippen LogP contribution in [0.5, 0.6) is 0 Å². The Bertz CT molecular complexity index is 443. The van der Waals surface area contributed by atoms with E-state index in [1.807, 2.05) is 0 Å². The minimum Gasteiger partial charge on any atom is -0.481 e. The van der Waals surface area contributed by atoms with Crippen LogP contribution in [0.2, 0.25) is 0 Å². The van der Waals surface area contributed by atoms with Gasteiger partial charge >= 0.3 is 5.97 Å². The predicted octanol–water partition coefficient (Wildman–Crippen LogP) is 1.96. The summed E-state index contributed by atoms with van der Waals surface area (Å²) < 4.78 is 0. The van der Waals surface area contributed by atoms with E-state index in [2.05, 4.69) is 18.3 Å². The third kappa shape index (κ3) is 2.67. The van der Waals surface area contributed by atoms with Crippen molar-refractivity contribution in [2.24, 2.45) is 23.7 Å². The van der Waals surface area contributed by atoms with Crippen LogP contribution in [0.4, 0.5) is 0 Å². The van der Waals surface area contributed by atoms with Crippen LogP contribution in [-0.2, 0) is 9.59 Å². The highest BCUT2D eigenvalue weighted by Crippen LogP contribution is 2.54. The lowest BCUT2D eigenvalue weighted by molar-refractivity contribution is -0.138. The minimum atomic E-state index is -0.671. The van der Waals surface area contributed by atoms with Crippen LogP contribution in [0.3, 0.4) is 0 Å². The lowest BCUT2D eigenvalue weighted by Crippen LogP contribution is -2.34. The number of carboxylic acids is 1. The minimum absolute atomic E-state index is 0.124. The first-order valence-corrected chi connectivity index (χ1v) is 7.25. The lowest BCUT2D eigenvalue weighted by Gasteiger charge is -2.19. The van der Waals surface area contributed by atoms with E-state index in [9.17, 15) is 9.59 Å². The Hall–Kier alpha value is -1.32. The molecule has 0 aromatic rings. The van der Waals surface area contributed by atoms with Crippen LogP contribution in [-0.4, -0.2) is 23.0 Å². The molecular formula is C15H21NO3. The van der Waals surface area contributed by atoms with Crippen molar-refractivity contribution in [2.45, 2.75) is 45.1 Å². The Morgan fingerprint density at radius 2 is 2.11 bits per heavy atom. The van der Waals surface area contributed by atoms with Crippen molar-refractivity contribution in [2.75, 3.05) is 0 Å². The number of carbonyl (C=O) groups is 2. The number of nitrogens with one attached hydrogen (secondary N) is 1. The third-order valence-corrected chi connectivity index (χ3v) is 4.88. The molecule has 1 amide bonds. The molecule has 3 rings (SSSR count). The first-order valence-electron chi connectivity index (χ1n) is 7.25. The van der Waals surface area contributed by atoms with E-state index in [0.29, 0.717) is 11.8 Å². The topological polar surface area (TPSA) is 66.4 Å². The molecule has 2 N–H and O–H groups in total. The first-order chi connectivity index (χ1) is 9.06. The first kappa shape index (κ1) is 12.7. The monoisotopic (exact) mass is 263 g/mol. The molecule has 104 valence electrons. The second-order valence-corrected chi connectivity index (χ2v) is 6.38. The molecule has 5 atom stereocenters. The molecule has 2 saturated carbocycles. The van der Waals surface area contributed by atoms with Gasteiger partial charge in [-0.1, -0.05) is 11.6 Å². The molecule has 0 saturated heterocycles. The molecular weight excluding hydrogens is 242 g/mol. The molecule has 4 nitrogen and oxygen atoms in total. The molecule has 0 spiro atoms. The SMILES string of the molecule is CC1=CC[C@H](C(=O)N[C@@H]2C[C@@H]2[C@@H]2C[C@@H]2C(=O)O)CC1. The molecule has 4 heteroatoms. The zero-order chi connectivity index (χ0) is 13.6. The predicted molar refractivity (Wildman–Crippen MR) is 70.4 cm³/mol. The van der Waals surface area contributed by atoms with Crippen LogP contribution < -0.4 is 5.32 Å². The Kier molecular flexibility index (Phi) is 3.11. The van der Waals surface area contributed by atoms with Gasteiger partial charge in [0.15, 0.2) is 0 Å². The average Bonchev–Trinajstić information content (AvgIpc) is 3.22. The number of rotatable bonds is 4.